The van der Waals surface area contributed by atoms with Gasteiger partial charge < -0.3 is 0 Å². The van der Waals surface area contributed by atoms with Crippen LogP contribution in [0.1, 0.15) is 5.56 Å². The van der Waals surface area contributed by atoms with Crippen molar-refractivity contribution in [3.63, 3.8) is 0 Å². The Balaban J connectivity index is 2.87. The molecule has 0 aliphatic heterocycles. The Morgan fingerprint density at radius 2 is 2.00 bits per heavy atom. The van der Waals surface area contributed by atoms with E-state index in [4.69, 9.17) is 0 Å². The molecule has 2 N–H and O–H groups in total. The maximum absolute atomic E-state index is 11.1. The van der Waals surface area contributed by atoms with E-state index in [9.17, 15) is 8.42 Å². The van der Waals surface area contributed by atoms with Crippen LogP contribution in [-0.2, 0) is 10.2 Å². The number of hydrogen-bond acceptors (Lipinski definition) is 2. The molecule has 0 unspecified atom stereocenters. The second-order valence-corrected chi connectivity index (χ2v) is 4.30. The monoisotopic (exact) mass is 200 g/mol. The standard InChI is InChI=1S/C8H12N2O2S/c1-7-4-3-5-8(6-7)10-13(11,12)9-2/h3-6,9-10H,1-2H3. The first-order valence-electron chi connectivity index (χ1n) is 3.81. The van der Waals surface area contributed by atoms with Gasteiger partial charge in [-0.05, 0) is 24.6 Å². The van der Waals surface area contributed by atoms with E-state index in [1.54, 1.807) is 18.2 Å². The van der Waals surface area contributed by atoms with Gasteiger partial charge >= 0.3 is 0 Å². The number of anilines is 1. The minimum Gasteiger partial charge on any atom is -0.271 e. The average Bonchev–Trinajstić information content (AvgIpc) is 2.03. The second kappa shape index (κ2) is 3.76. The van der Waals surface area contributed by atoms with E-state index < -0.39 is 10.2 Å². The normalized spacial score (nSPS) is 11.2. The molecule has 1 rings (SSSR count). The van der Waals surface area contributed by atoms with Crippen molar-refractivity contribution in [2.75, 3.05) is 11.8 Å². The van der Waals surface area contributed by atoms with Gasteiger partial charge in [0.05, 0.1) is 0 Å². The molecule has 0 amide bonds. The Labute approximate surface area is 78.2 Å². The molecule has 0 fully saturated rings. The van der Waals surface area contributed by atoms with Crippen LogP contribution in [-0.4, -0.2) is 15.5 Å². The number of benzene rings is 1. The van der Waals surface area contributed by atoms with E-state index in [-0.39, 0.29) is 0 Å². The third-order valence-corrected chi connectivity index (χ3v) is 2.58. The fraction of sp³-hybridized carbons (Fsp3) is 0.250. The molecule has 1 aromatic rings. The Morgan fingerprint density at radius 3 is 2.54 bits per heavy atom. The lowest BCUT2D eigenvalue weighted by atomic mass is 10.2. The lowest BCUT2D eigenvalue weighted by Crippen LogP contribution is -2.26. The Hall–Kier alpha value is -1.07. The van der Waals surface area contributed by atoms with Gasteiger partial charge in [0.1, 0.15) is 0 Å². The van der Waals surface area contributed by atoms with Gasteiger partial charge in [-0.2, -0.15) is 8.42 Å². The first-order chi connectivity index (χ1) is 6.03. The summed E-state index contributed by atoms with van der Waals surface area (Å²) in [6.45, 7) is 1.90. The molecule has 0 heterocycles. The zero-order valence-electron chi connectivity index (χ0n) is 7.53. The number of aryl methyl sites for hydroxylation is 1. The van der Waals surface area contributed by atoms with E-state index in [2.05, 4.69) is 9.44 Å². The summed E-state index contributed by atoms with van der Waals surface area (Å²) >= 11 is 0. The Kier molecular flexibility index (Phi) is 2.90. The van der Waals surface area contributed by atoms with Gasteiger partial charge in [0, 0.05) is 12.7 Å². The van der Waals surface area contributed by atoms with E-state index in [1.807, 2.05) is 13.0 Å². The van der Waals surface area contributed by atoms with E-state index in [0.29, 0.717) is 5.69 Å². The fourth-order valence-corrected chi connectivity index (χ4v) is 1.45. The molecule has 0 aliphatic carbocycles. The molecular weight excluding hydrogens is 188 g/mol. The summed E-state index contributed by atoms with van der Waals surface area (Å²) in [4.78, 5) is 0. The van der Waals surface area contributed by atoms with Gasteiger partial charge in [0.25, 0.3) is 10.2 Å². The molecule has 0 spiro atoms. The first kappa shape index (κ1) is 10.0. The molecule has 0 aromatic heterocycles. The van der Waals surface area contributed by atoms with Crippen molar-refractivity contribution >= 4 is 15.9 Å². The van der Waals surface area contributed by atoms with Crippen LogP contribution in [0, 0.1) is 6.92 Å². The molecule has 1 aromatic carbocycles. The van der Waals surface area contributed by atoms with Gasteiger partial charge in [-0.15, -0.1) is 0 Å². The van der Waals surface area contributed by atoms with Crippen LogP contribution in [0.2, 0.25) is 0 Å². The van der Waals surface area contributed by atoms with E-state index in [0.717, 1.165) is 5.56 Å². The molecule has 72 valence electrons. The SMILES string of the molecule is CNS(=O)(=O)Nc1cccc(C)c1. The molecule has 13 heavy (non-hydrogen) atoms. The lowest BCUT2D eigenvalue weighted by Gasteiger charge is -2.06. The van der Waals surface area contributed by atoms with Crippen LogP contribution in [0.3, 0.4) is 0 Å². The summed E-state index contributed by atoms with van der Waals surface area (Å²) in [7, 11) is -2.03. The Morgan fingerprint density at radius 1 is 1.31 bits per heavy atom. The van der Waals surface area contributed by atoms with Gasteiger partial charge in [0.15, 0.2) is 0 Å². The largest absolute Gasteiger partial charge is 0.298 e. The minimum atomic E-state index is -3.39. The quantitative estimate of drug-likeness (QED) is 0.760. The summed E-state index contributed by atoms with van der Waals surface area (Å²) in [6, 6.07) is 7.15. The van der Waals surface area contributed by atoms with E-state index in [1.165, 1.54) is 7.05 Å². The van der Waals surface area contributed by atoms with Crippen molar-refractivity contribution in [2.45, 2.75) is 6.92 Å². The maximum Gasteiger partial charge on any atom is 0.298 e. The smallest absolute Gasteiger partial charge is 0.271 e. The third-order valence-electron chi connectivity index (χ3n) is 1.54. The van der Waals surface area contributed by atoms with Gasteiger partial charge in [-0.1, -0.05) is 12.1 Å². The highest BCUT2D eigenvalue weighted by Gasteiger charge is 2.04. The Bertz CT molecular complexity index is 387. The van der Waals surface area contributed by atoms with Crippen LogP contribution in [0.4, 0.5) is 5.69 Å². The zero-order valence-corrected chi connectivity index (χ0v) is 8.35. The van der Waals surface area contributed by atoms with E-state index >= 15 is 0 Å². The van der Waals surface area contributed by atoms with Crippen molar-refractivity contribution in [1.29, 1.82) is 0 Å². The number of rotatable bonds is 3. The van der Waals surface area contributed by atoms with Crippen LogP contribution in [0.15, 0.2) is 24.3 Å². The summed E-state index contributed by atoms with van der Waals surface area (Å²) in [6.07, 6.45) is 0. The van der Waals surface area contributed by atoms with Crippen molar-refractivity contribution < 1.29 is 8.42 Å². The predicted octanol–water partition coefficient (Wildman–Crippen LogP) is 0.871. The number of nitrogens with one attached hydrogen (secondary N) is 2. The third kappa shape index (κ3) is 3.04. The summed E-state index contributed by atoms with van der Waals surface area (Å²) < 4.78 is 26.7. The summed E-state index contributed by atoms with van der Waals surface area (Å²) in [5.74, 6) is 0. The van der Waals surface area contributed by atoms with Crippen molar-refractivity contribution in [2.24, 2.45) is 0 Å². The van der Waals surface area contributed by atoms with Crippen molar-refractivity contribution in [1.82, 2.24) is 4.72 Å². The lowest BCUT2D eigenvalue weighted by molar-refractivity contribution is 0.593. The average molecular weight is 200 g/mol. The van der Waals surface area contributed by atoms with Crippen LogP contribution < -0.4 is 9.44 Å². The molecule has 0 aliphatic rings. The molecule has 4 nitrogen and oxygen atoms in total. The maximum atomic E-state index is 11.1. The molecule has 0 saturated carbocycles. The van der Waals surface area contributed by atoms with Crippen molar-refractivity contribution in [3.05, 3.63) is 29.8 Å². The van der Waals surface area contributed by atoms with Gasteiger partial charge in [-0.25, -0.2) is 4.72 Å². The van der Waals surface area contributed by atoms with Crippen molar-refractivity contribution in [3.8, 4) is 0 Å². The first-order valence-corrected chi connectivity index (χ1v) is 5.30. The highest BCUT2D eigenvalue weighted by molar-refractivity contribution is 7.90. The molecular formula is C8H12N2O2S. The fourth-order valence-electron chi connectivity index (χ4n) is 0.915. The van der Waals surface area contributed by atoms with Gasteiger partial charge in [-0.3, -0.25) is 4.72 Å². The second-order valence-electron chi connectivity index (χ2n) is 2.68. The predicted molar refractivity (Wildman–Crippen MR) is 52.8 cm³/mol. The highest BCUT2D eigenvalue weighted by atomic mass is 32.2. The van der Waals surface area contributed by atoms with Crippen LogP contribution in [0.25, 0.3) is 0 Å². The zero-order chi connectivity index (χ0) is 9.90. The summed E-state index contributed by atoms with van der Waals surface area (Å²) in [5.41, 5.74) is 1.57. The van der Waals surface area contributed by atoms with Crippen LogP contribution >= 0.6 is 0 Å². The molecule has 5 heteroatoms. The molecule has 0 atom stereocenters. The molecule has 0 saturated heterocycles. The topological polar surface area (TPSA) is 58.2 Å². The number of hydrogen-bond donors (Lipinski definition) is 2. The minimum absolute atomic E-state index is 0.564. The van der Waals surface area contributed by atoms with Gasteiger partial charge in [0.2, 0.25) is 0 Å². The molecule has 0 radical (unpaired) electrons. The summed E-state index contributed by atoms with van der Waals surface area (Å²) in [5, 5.41) is 0. The molecule has 0 bridgehead atoms. The highest BCUT2D eigenvalue weighted by Crippen LogP contribution is 2.10. The van der Waals surface area contributed by atoms with Crippen LogP contribution in [0.5, 0.6) is 0 Å².